The molecule has 4 rings (SSSR count). The molecule has 4 nitrogen and oxygen atoms in total. The van der Waals surface area contributed by atoms with Gasteiger partial charge in [0.2, 0.25) is 0 Å². The summed E-state index contributed by atoms with van der Waals surface area (Å²) in [6.45, 7) is 7.49. The van der Waals surface area contributed by atoms with E-state index in [9.17, 15) is 4.39 Å². The van der Waals surface area contributed by atoms with E-state index in [1.807, 2.05) is 12.1 Å². The molecule has 0 amide bonds. The van der Waals surface area contributed by atoms with Gasteiger partial charge in [0, 0.05) is 36.6 Å². The van der Waals surface area contributed by atoms with Crippen LogP contribution in [0.25, 0.3) is 11.3 Å². The quantitative estimate of drug-likeness (QED) is 0.590. The van der Waals surface area contributed by atoms with E-state index in [2.05, 4.69) is 58.5 Å². The molecule has 0 saturated carbocycles. The van der Waals surface area contributed by atoms with Crippen molar-refractivity contribution in [3.8, 4) is 11.3 Å². The molecule has 2 aromatic carbocycles. The minimum atomic E-state index is -1.18. The third-order valence-electron chi connectivity index (χ3n) is 5.52. The number of alkyl halides is 1. The predicted molar refractivity (Wildman–Crippen MR) is 123 cm³/mol. The summed E-state index contributed by atoms with van der Waals surface area (Å²) in [6.07, 6.45) is 2.60. The lowest BCUT2D eigenvalue weighted by Crippen LogP contribution is -2.39. The highest BCUT2D eigenvalue weighted by molar-refractivity contribution is 5.73. The molecule has 3 N–H and O–H groups in total. The fourth-order valence-corrected chi connectivity index (χ4v) is 4.15. The summed E-state index contributed by atoms with van der Waals surface area (Å²) < 4.78 is 14.1. The number of hydrogen-bond donors (Lipinski definition) is 2. The molecule has 3 aromatic rings. The predicted octanol–water partition coefficient (Wildman–Crippen LogP) is 5.49. The summed E-state index contributed by atoms with van der Waals surface area (Å²) in [7, 11) is 0. The zero-order valence-electron chi connectivity index (χ0n) is 17.9. The highest BCUT2D eigenvalue weighted by Crippen LogP contribution is 2.32. The Labute approximate surface area is 177 Å². The number of fused-ring (bicyclic) bond motifs is 1. The molecule has 30 heavy (non-hydrogen) atoms. The van der Waals surface area contributed by atoms with Crippen LogP contribution in [-0.2, 0) is 13.0 Å². The molecular formula is C25H29FN4. The molecule has 1 aliphatic rings. The second kappa shape index (κ2) is 8.07. The fourth-order valence-electron chi connectivity index (χ4n) is 4.15. The second-order valence-corrected chi connectivity index (χ2v) is 8.75. The maximum absolute atomic E-state index is 14.1. The van der Waals surface area contributed by atoms with Gasteiger partial charge in [0.25, 0.3) is 0 Å². The van der Waals surface area contributed by atoms with E-state index in [4.69, 9.17) is 5.73 Å². The Kier molecular flexibility index (Phi) is 5.48. The first kappa shape index (κ1) is 20.4. The van der Waals surface area contributed by atoms with Crippen LogP contribution in [0.15, 0.2) is 54.7 Å². The standard InChI is InChI=1S/C25H29FN4/c1-17-7-9-20(13-22(17)23-10-8-19(27)14-28-23)29-24-6-4-5-18-15-30(12-11-21(18)24)16-25(2,3)26/h4-10,13-14,29H,11-12,15-16,27H2,1-3H3. The molecule has 156 valence electrons. The van der Waals surface area contributed by atoms with E-state index in [1.165, 1.54) is 11.1 Å². The Bertz CT molecular complexity index is 1040. The zero-order chi connectivity index (χ0) is 21.3. The summed E-state index contributed by atoms with van der Waals surface area (Å²) in [5.74, 6) is 0. The van der Waals surface area contributed by atoms with Gasteiger partial charge in [-0.25, -0.2) is 4.39 Å². The van der Waals surface area contributed by atoms with E-state index < -0.39 is 5.67 Å². The van der Waals surface area contributed by atoms with Gasteiger partial charge in [-0.2, -0.15) is 0 Å². The molecule has 0 unspecified atom stereocenters. The van der Waals surface area contributed by atoms with Gasteiger partial charge in [-0.1, -0.05) is 18.2 Å². The first-order valence-electron chi connectivity index (χ1n) is 10.4. The smallest absolute Gasteiger partial charge is 0.118 e. The summed E-state index contributed by atoms with van der Waals surface area (Å²) in [5, 5.41) is 3.60. The lowest BCUT2D eigenvalue weighted by molar-refractivity contribution is 0.117. The van der Waals surface area contributed by atoms with Crippen molar-refractivity contribution in [1.29, 1.82) is 0 Å². The Morgan fingerprint density at radius 3 is 2.73 bits per heavy atom. The Balaban J connectivity index is 1.58. The molecule has 0 radical (unpaired) electrons. The van der Waals surface area contributed by atoms with Crippen molar-refractivity contribution in [2.45, 2.75) is 39.4 Å². The molecule has 1 aromatic heterocycles. The molecule has 5 heteroatoms. The van der Waals surface area contributed by atoms with Crippen LogP contribution in [-0.4, -0.2) is 28.6 Å². The van der Waals surface area contributed by atoms with E-state index in [0.717, 1.165) is 47.7 Å². The number of nitrogens with two attached hydrogens (primary N) is 1. The number of rotatable bonds is 5. The molecular weight excluding hydrogens is 375 g/mol. The highest BCUT2D eigenvalue weighted by Gasteiger charge is 2.25. The number of aromatic nitrogens is 1. The van der Waals surface area contributed by atoms with Crippen LogP contribution in [0.5, 0.6) is 0 Å². The average molecular weight is 405 g/mol. The van der Waals surface area contributed by atoms with Crippen LogP contribution in [0.1, 0.15) is 30.5 Å². The normalized spacial score (nSPS) is 14.4. The second-order valence-electron chi connectivity index (χ2n) is 8.75. The number of anilines is 3. The number of benzene rings is 2. The van der Waals surface area contributed by atoms with Gasteiger partial charge in [-0.3, -0.25) is 9.88 Å². The van der Waals surface area contributed by atoms with Crippen LogP contribution in [0.4, 0.5) is 21.5 Å². The lowest BCUT2D eigenvalue weighted by atomic mass is 9.96. The Morgan fingerprint density at radius 2 is 2.00 bits per heavy atom. The highest BCUT2D eigenvalue weighted by atomic mass is 19.1. The van der Waals surface area contributed by atoms with E-state index >= 15 is 0 Å². The van der Waals surface area contributed by atoms with Crippen LogP contribution in [0.2, 0.25) is 0 Å². The Hall–Kier alpha value is -2.92. The monoisotopic (exact) mass is 404 g/mol. The SMILES string of the molecule is Cc1ccc(Nc2cccc3c2CCN(CC(C)(C)F)C3)cc1-c1ccc(N)cn1. The lowest BCUT2D eigenvalue weighted by Gasteiger charge is -2.33. The van der Waals surface area contributed by atoms with Gasteiger partial charge in [-0.15, -0.1) is 0 Å². The molecule has 0 atom stereocenters. The minimum Gasteiger partial charge on any atom is -0.397 e. The van der Waals surface area contributed by atoms with E-state index in [-0.39, 0.29) is 0 Å². The molecule has 0 aliphatic carbocycles. The van der Waals surface area contributed by atoms with E-state index in [1.54, 1.807) is 20.0 Å². The van der Waals surface area contributed by atoms with Crippen molar-refractivity contribution in [3.05, 3.63) is 71.4 Å². The van der Waals surface area contributed by atoms with Crippen molar-refractivity contribution in [1.82, 2.24) is 9.88 Å². The molecule has 0 saturated heterocycles. The topological polar surface area (TPSA) is 54.2 Å². The largest absolute Gasteiger partial charge is 0.397 e. The van der Waals surface area contributed by atoms with Crippen LogP contribution in [0.3, 0.4) is 0 Å². The number of hydrogen-bond acceptors (Lipinski definition) is 4. The Morgan fingerprint density at radius 1 is 1.17 bits per heavy atom. The van der Waals surface area contributed by atoms with Crippen LogP contribution in [0, 0.1) is 6.92 Å². The number of nitrogens with zero attached hydrogens (tertiary/aromatic N) is 2. The van der Waals surface area contributed by atoms with Crippen molar-refractivity contribution in [2.75, 3.05) is 24.1 Å². The third-order valence-corrected chi connectivity index (χ3v) is 5.52. The molecule has 0 spiro atoms. The van der Waals surface area contributed by atoms with Crippen LogP contribution < -0.4 is 11.1 Å². The van der Waals surface area contributed by atoms with Crippen LogP contribution >= 0.6 is 0 Å². The molecule has 0 fully saturated rings. The van der Waals surface area contributed by atoms with Gasteiger partial charge in [0.05, 0.1) is 17.6 Å². The van der Waals surface area contributed by atoms with Gasteiger partial charge >= 0.3 is 0 Å². The first-order valence-corrected chi connectivity index (χ1v) is 10.4. The molecule has 0 bridgehead atoms. The third kappa shape index (κ3) is 4.62. The number of nitrogens with one attached hydrogen (secondary N) is 1. The van der Waals surface area contributed by atoms with Gasteiger partial charge in [-0.05, 0) is 74.2 Å². The first-order chi connectivity index (χ1) is 14.3. The van der Waals surface area contributed by atoms with Crippen molar-refractivity contribution in [2.24, 2.45) is 0 Å². The van der Waals surface area contributed by atoms with Gasteiger partial charge in [0.1, 0.15) is 5.67 Å². The maximum atomic E-state index is 14.1. The number of nitrogen functional groups attached to an aromatic ring is 1. The van der Waals surface area contributed by atoms with Gasteiger partial charge < -0.3 is 11.1 Å². The maximum Gasteiger partial charge on any atom is 0.118 e. The van der Waals surface area contributed by atoms with Gasteiger partial charge in [0.15, 0.2) is 0 Å². The fraction of sp³-hybridized carbons (Fsp3) is 0.320. The summed E-state index contributed by atoms with van der Waals surface area (Å²) in [6, 6.07) is 16.5. The minimum absolute atomic E-state index is 0.458. The summed E-state index contributed by atoms with van der Waals surface area (Å²) in [4.78, 5) is 6.67. The average Bonchev–Trinajstić information content (AvgIpc) is 2.69. The number of pyridine rings is 1. The van der Waals surface area contributed by atoms with Crippen molar-refractivity contribution in [3.63, 3.8) is 0 Å². The van der Waals surface area contributed by atoms with Crippen molar-refractivity contribution >= 4 is 17.1 Å². The number of aryl methyl sites for hydroxylation is 1. The molecule has 1 aliphatic heterocycles. The zero-order valence-corrected chi connectivity index (χ0v) is 17.9. The summed E-state index contributed by atoms with van der Waals surface area (Å²) >= 11 is 0. The molecule has 2 heterocycles. The number of halogens is 1. The van der Waals surface area contributed by atoms with Crippen molar-refractivity contribution < 1.29 is 4.39 Å². The summed E-state index contributed by atoms with van der Waals surface area (Å²) in [5.41, 5.74) is 13.1. The van der Waals surface area contributed by atoms with E-state index in [0.29, 0.717) is 12.2 Å².